The number of hydrogen-bond acceptors (Lipinski definition) is 7. The maximum Gasteiger partial charge on any atom is 0.416 e. The molecule has 36 heavy (non-hydrogen) atoms. The molecule has 1 unspecified atom stereocenters. The highest BCUT2D eigenvalue weighted by Crippen LogP contribution is 2.34. The molecule has 186 valence electrons. The van der Waals surface area contributed by atoms with Crippen LogP contribution in [0.1, 0.15) is 55.6 Å². The number of anilines is 1. The Bertz CT molecular complexity index is 1420. The Morgan fingerprint density at radius 2 is 1.97 bits per heavy atom. The zero-order valence-corrected chi connectivity index (χ0v) is 20.4. The van der Waals surface area contributed by atoms with Crippen LogP contribution in [0.25, 0.3) is 11.5 Å². The number of imidazole rings is 1. The Balaban J connectivity index is 1.45. The van der Waals surface area contributed by atoms with Crippen LogP contribution >= 0.6 is 22.9 Å². The molecule has 0 aliphatic rings. The fraction of sp³-hybridized carbons (Fsp3) is 0.217. The van der Waals surface area contributed by atoms with Gasteiger partial charge in [-0.1, -0.05) is 24.6 Å². The van der Waals surface area contributed by atoms with Gasteiger partial charge in [0.25, 0.3) is 5.91 Å². The van der Waals surface area contributed by atoms with E-state index in [1.807, 2.05) is 0 Å². The van der Waals surface area contributed by atoms with Gasteiger partial charge in [-0.2, -0.15) is 13.2 Å². The second-order valence-corrected chi connectivity index (χ2v) is 9.34. The number of Topliss-reactive ketones (excluding diaryl/α,β-unsaturated/α-hetero) is 1. The molecular weight excluding hydrogens is 517 g/mol. The zero-order valence-electron chi connectivity index (χ0n) is 18.9. The van der Waals surface area contributed by atoms with Crippen molar-refractivity contribution in [3.63, 3.8) is 0 Å². The van der Waals surface area contributed by atoms with Gasteiger partial charge in [-0.3, -0.25) is 9.59 Å². The summed E-state index contributed by atoms with van der Waals surface area (Å²) in [7, 11) is 0. The maximum absolute atomic E-state index is 13.2. The van der Waals surface area contributed by atoms with Gasteiger partial charge in [-0.25, -0.2) is 19.9 Å². The third kappa shape index (κ3) is 5.44. The average molecular weight is 535 g/mol. The molecule has 1 atom stereocenters. The van der Waals surface area contributed by atoms with Crippen molar-refractivity contribution in [2.24, 2.45) is 0 Å². The van der Waals surface area contributed by atoms with Crippen molar-refractivity contribution in [3.8, 4) is 11.5 Å². The molecule has 0 saturated carbocycles. The number of alkyl halides is 3. The number of aromatic nitrogens is 5. The van der Waals surface area contributed by atoms with E-state index in [-0.39, 0.29) is 45.0 Å². The number of nitrogens with one attached hydrogen (secondary N) is 2. The molecule has 0 spiro atoms. The van der Waals surface area contributed by atoms with E-state index in [9.17, 15) is 22.8 Å². The smallest absolute Gasteiger partial charge is 0.343 e. The second kappa shape index (κ2) is 10.2. The van der Waals surface area contributed by atoms with Crippen LogP contribution < -0.4 is 5.32 Å². The molecular formula is C23H18ClF3N6O2S. The molecule has 8 nitrogen and oxygen atoms in total. The normalized spacial score (nSPS) is 12.4. The number of benzene rings is 1. The van der Waals surface area contributed by atoms with Gasteiger partial charge in [-0.05, 0) is 24.6 Å². The van der Waals surface area contributed by atoms with Crippen molar-refractivity contribution >= 4 is 40.3 Å². The molecule has 1 amide bonds. The number of aryl methyl sites for hydroxylation is 1. The Hall–Kier alpha value is -3.64. The predicted molar refractivity (Wildman–Crippen MR) is 128 cm³/mol. The van der Waals surface area contributed by atoms with E-state index in [0.717, 1.165) is 17.4 Å². The highest BCUT2D eigenvalue weighted by atomic mass is 35.5. The lowest BCUT2D eigenvalue weighted by molar-refractivity contribution is -0.138. The Kier molecular flexibility index (Phi) is 7.18. The molecule has 0 saturated heterocycles. The maximum atomic E-state index is 13.2. The van der Waals surface area contributed by atoms with Crippen LogP contribution in [0.15, 0.2) is 43.1 Å². The highest BCUT2D eigenvalue weighted by Gasteiger charge is 2.32. The van der Waals surface area contributed by atoms with E-state index >= 15 is 0 Å². The van der Waals surface area contributed by atoms with Crippen molar-refractivity contribution in [2.45, 2.75) is 32.4 Å². The Labute approximate surface area is 212 Å². The summed E-state index contributed by atoms with van der Waals surface area (Å²) >= 11 is 7.40. The molecule has 3 aromatic heterocycles. The van der Waals surface area contributed by atoms with Gasteiger partial charge in [-0.15, -0.1) is 11.3 Å². The third-order valence-corrected chi connectivity index (χ3v) is 6.82. The minimum atomic E-state index is -4.53. The minimum absolute atomic E-state index is 0.00973. The number of carbonyl (C=O) groups is 2. The summed E-state index contributed by atoms with van der Waals surface area (Å²) in [5.74, 6) is -0.922. The molecule has 0 bridgehead atoms. The molecule has 2 N–H and O–H groups in total. The van der Waals surface area contributed by atoms with E-state index < -0.39 is 17.6 Å². The van der Waals surface area contributed by atoms with Crippen molar-refractivity contribution in [1.82, 2.24) is 24.9 Å². The fourth-order valence-electron chi connectivity index (χ4n) is 3.40. The lowest BCUT2D eigenvalue weighted by Gasteiger charge is -2.12. The quantitative estimate of drug-likeness (QED) is 0.284. The first-order valence-electron chi connectivity index (χ1n) is 10.5. The van der Waals surface area contributed by atoms with Crippen LogP contribution in [-0.2, 0) is 6.18 Å². The van der Waals surface area contributed by atoms with Crippen molar-refractivity contribution < 1.29 is 22.8 Å². The monoisotopic (exact) mass is 534 g/mol. The van der Waals surface area contributed by atoms with Gasteiger partial charge in [0.15, 0.2) is 11.6 Å². The predicted octanol–water partition coefficient (Wildman–Crippen LogP) is 5.93. The fourth-order valence-corrected chi connectivity index (χ4v) is 4.56. The number of thiazole rings is 1. The number of aromatic amines is 1. The van der Waals surface area contributed by atoms with Gasteiger partial charge in [0, 0.05) is 30.4 Å². The lowest BCUT2D eigenvalue weighted by atomic mass is 10.0. The van der Waals surface area contributed by atoms with Crippen LogP contribution in [0, 0.1) is 6.92 Å². The van der Waals surface area contributed by atoms with Crippen LogP contribution in [-0.4, -0.2) is 36.6 Å². The largest absolute Gasteiger partial charge is 0.416 e. The molecule has 4 rings (SSSR count). The van der Waals surface area contributed by atoms with E-state index in [4.69, 9.17) is 11.6 Å². The first kappa shape index (κ1) is 25.5. The molecule has 0 aliphatic heterocycles. The zero-order chi connectivity index (χ0) is 26.0. The highest BCUT2D eigenvalue weighted by molar-refractivity contribution is 7.13. The van der Waals surface area contributed by atoms with Crippen LogP contribution in [0.2, 0.25) is 5.02 Å². The summed E-state index contributed by atoms with van der Waals surface area (Å²) < 4.78 is 39.5. The summed E-state index contributed by atoms with van der Waals surface area (Å²) in [5.41, 5.74) is -0.415. The second-order valence-electron chi connectivity index (χ2n) is 7.90. The Morgan fingerprint density at radius 1 is 1.19 bits per heavy atom. The van der Waals surface area contributed by atoms with Gasteiger partial charge in [0.05, 0.1) is 21.8 Å². The molecule has 4 aromatic rings. The van der Waals surface area contributed by atoms with Crippen LogP contribution in [0.3, 0.4) is 0 Å². The number of rotatable bonds is 7. The van der Waals surface area contributed by atoms with Crippen molar-refractivity contribution in [2.75, 3.05) is 5.32 Å². The van der Waals surface area contributed by atoms with Gasteiger partial charge < -0.3 is 10.3 Å². The number of carbonyl (C=O) groups excluding carboxylic acids is 2. The minimum Gasteiger partial charge on any atom is -0.343 e. The average Bonchev–Trinajstić information content (AvgIpc) is 3.52. The van der Waals surface area contributed by atoms with Crippen molar-refractivity contribution in [1.29, 1.82) is 0 Å². The number of halogens is 4. The molecule has 3 heterocycles. The Morgan fingerprint density at radius 3 is 2.67 bits per heavy atom. The molecule has 13 heteroatoms. The van der Waals surface area contributed by atoms with E-state index in [0.29, 0.717) is 16.5 Å². The van der Waals surface area contributed by atoms with Gasteiger partial charge >= 0.3 is 6.18 Å². The topological polar surface area (TPSA) is 114 Å². The standard InChI is InChI=1S/C23H18ClF3N6O2S/c1-11-3-4-13(8-14(11)23(25,26)27)33-21(35)16-9-30-22(36-16)12(2)7-15(34)18-17(24)19(32-10-31-18)20-28-5-6-29-20/h3-6,8-10,12H,7H2,1-2H3,(H,28,29)(H,33,35). The first-order chi connectivity index (χ1) is 17.0. The summed E-state index contributed by atoms with van der Waals surface area (Å²) in [4.78, 5) is 45.0. The van der Waals surface area contributed by atoms with Crippen LogP contribution in [0.4, 0.5) is 18.9 Å². The SMILES string of the molecule is Cc1ccc(NC(=O)c2cnc(C(C)CC(=O)c3ncnc(-c4ncc[nH]4)c3Cl)s2)cc1C(F)(F)F. The van der Waals surface area contributed by atoms with E-state index in [1.165, 1.54) is 37.8 Å². The van der Waals surface area contributed by atoms with Gasteiger partial charge in [0.2, 0.25) is 0 Å². The summed E-state index contributed by atoms with van der Waals surface area (Å²) in [6.07, 6.45) is 1.15. The number of amides is 1. The number of H-pyrrole nitrogens is 1. The van der Waals surface area contributed by atoms with Crippen LogP contribution in [0.5, 0.6) is 0 Å². The summed E-state index contributed by atoms with van der Waals surface area (Å²) in [6.45, 7) is 3.11. The number of hydrogen-bond donors (Lipinski definition) is 2. The molecule has 0 radical (unpaired) electrons. The van der Waals surface area contributed by atoms with E-state index in [2.05, 4.69) is 30.2 Å². The molecule has 1 aromatic carbocycles. The van der Waals surface area contributed by atoms with Gasteiger partial charge in [0.1, 0.15) is 22.6 Å². The molecule has 0 fully saturated rings. The number of ketones is 1. The first-order valence-corrected chi connectivity index (χ1v) is 11.7. The lowest BCUT2D eigenvalue weighted by Crippen LogP contribution is -2.13. The molecule has 0 aliphatic carbocycles. The third-order valence-electron chi connectivity index (χ3n) is 5.24. The summed E-state index contributed by atoms with van der Waals surface area (Å²) in [5, 5.41) is 3.04. The van der Waals surface area contributed by atoms with E-state index in [1.54, 1.807) is 13.1 Å². The number of nitrogens with zero attached hydrogens (tertiary/aromatic N) is 4. The van der Waals surface area contributed by atoms with Crippen molar-refractivity contribution in [3.05, 3.63) is 74.8 Å². The summed E-state index contributed by atoms with van der Waals surface area (Å²) in [6, 6.07) is 3.58.